The minimum Gasteiger partial charge on any atom is -0.306 e. The van der Waals surface area contributed by atoms with Crippen LogP contribution in [-0.4, -0.2) is 15.3 Å². The van der Waals surface area contributed by atoms with Crippen LogP contribution < -0.4 is 0 Å². The van der Waals surface area contributed by atoms with Gasteiger partial charge in [0.2, 0.25) is 0 Å². The van der Waals surface area contributed by atoms with E-state index in [9.17, 15) is 4.79 Å². The van der Waals surface area contributed by atoms with Gasteiger partial charge in [-0.05, 0) is 98.3 Å². The fourth-order valence-corrected chi connectivity index (χ4v) is 3.24. The maximum absolute atomic E-state index is 12.6. The molecule has 1 aromatic heterocycles. The van der Waals surface area contributed by atoms with Crippen molar-refractivity contribution < 1.29 is 23.4 Å². The third-order valence-electron chi connectivity index (χ3n) is 5.41. The molecular weight excluding hydrogens is 371 g/mol. The summed E-state index contributed by atoms with van der Waals surface area (Å²) in [5.74, 6) is 0.0110. The summed E-state index contributed by atoms with van der Waals surface area (Å²) in [4.78, 5) is 16.6. The number of nitrogens with zero attached hydrogens (tertiary/aromatic N) is 2. The molecule has 0 saturated heterocycles. The Bertz CT molecular complexity index is 955. The fourth-order valence-electron chi connectivity index (χ4n) is 3.24. The third kappa shape index (κ3) is 4.15. The van der Waals surface area contributed by atoms with Gasteiger partial charge < -0.3 is 4.57 Å². The molecule has 0 bridgehead atoms. The molecule has 3 aromatic rings. The number of hydrogen-bond acceptors (Lipinski definition) is 2. The average Bonchev–Trinajstić information content (AvgIpc) is 3.19. The summed E-state index contributed by atoms with van der Waals surface area (Å²) < 4.78 is 1.91. The number of carbonyl (C=O) groups is 1. The Morgan fingerprint density at radius 1 is 0.889 bits per heavy atom. The van der Waals surface area contributed by atoms with Gasteiger partial charge in [0.15, 0.2) is 5.78 Å². The predicted molar refractivity (Wildman–Crippen MR) is 107 cm³/mol. The van der Waals surface area contributed by atoms with E-state index in [2.05, 4.69) is 39.6 Å². The van der Waals surface area contributed by atoms with Crippen LogP contribution in [0.4, 0.5) is 0 Å². The molecule has 1 radical (unpaired) electrons. The normalized spacial score (nSPS) is 10.9. The molecule has 0 fully saturated rings. The molecule has 0 atom stereocenters. The summed E-state index contributed by atoms with van der Waals surface area (Å²) in [5, 5.41) is 0. The molecule has 3 rings (SSSR count). The van der Waals surface area contributed by atoms with E-state index >= 15 is 0 Å². The number of allylic oxidation sites excluding steroid dienone is 1. The summed E-state index contributed by atoms with van der Waals surface area (Å²) in [6, 6.07) is 7.57. The molecule has 0 amide bonds. The van der Waals surface area contributed by atoms with Crippen molar-refractivity contribution in [3.8, 4) is 5.69 Å². The molecule has 4 heteroatoms. The second-order valence-corrected chi connectivity index (χ2v) is 6.75. The van der Waals surface area contributed by atoms with E-state index in [-0.39, 0.29) is 24.3 Å². The summed E-state index contributed by atoms with van der Waals surface area (Å²) >= 11 is 0. The Morgan fingerprint density at radius 3 is 1.96 bits per heavy atom. The van der Waals surface area contributed by atoms with Crippen molar-refractivity contribution in [3.05, 3.63) is 88.0 Å². The molecule has 137 valence electrons. The van der Waals surface area contributed by atoms with Crippen LogP contribution in [0.15, 0.2) is 49.1 Å². The number of imidazole rings is 1. The molecule has 27 heavy (non-hydrogen) atoms. The summed E-state index contributed by atoms with van der Waals surface area (Å²) in [5.41, 5.74) is 9.22. The van der Waals surface area contributed by atoms with E-state index in [0.717, 1.165) is 11.3 Å². The molecule has 0 aliphatic heterocycles. The monoisotopic (exact) mass is 395 g/mol. The van der Waals surface area contributed by atoms with Crippen molar-refractivity contribution in [2.75, 3.05) is 0 Å². The van der Waals surface area contributed by atoms with Gasteiger partial charge in [0.25, 0.3) is 0 Å². The van der Waals surface area contributed by atoms with Gasteiger partial charge >= 0.3 is 0 Å². The molecule has 0 spiro atoms. The molecule has 2 aromatic carbocycles. The topological polar surface area (TPSA) is 34.9 Å². The van der Waals surface area contributed by atoms with Crippen molar-refractivity contribution >= 4 is 11.9 Å². The van der Waals surface area contributed by atoms with Crippen LogP contribution in [0.5, 0.6) is 0 Å². The van der Waals surface area contributed by atoms with Crippen molar-refractivity contribution in [2.45, 2.75) is 34.6 Å². The van der Waals surface area contributed by atoms with Gasteiger partial charge in [0, 0.05) is 42.2 Å². The Morgan fingerprint density at radius 2 is 1.44 bits per heavy atom. The number of rotatable bonds is 4. The Kier molecular flexibility index (Phi) is 6.64. The van der Waals surface area contributed by atoms with Crippen LogP contribution in [0.2, 0.25) is 0 Å². The molecule has 1 heterocycles. The van der Waals surface area contributed by atoms with Gasteiger partial charge in [0.05, 0.1) is 6.33 Å². The molecule has 3 nitrogen and oxygen atoms in total. The van der Waals surface area contributed by atoms with Crippen LogP contribution in [0, 0.1) is 34.6 Å². The van der Waals surface area contributed by atoms with Gasteiger partial charge in [-0.25, -0.2) is 4.98 Å². The zero-order valence-corrected chi connectivity index (χ0v) is 17.8. The largest absolute Gasteiger partial charge is 0.306 e. The van der Waals surface area contributed by atoms with E-state index < -0.39 is 0 Å². The zero-order valence-electron chi connectivity index (χ0n) is 16.4. The first kappa shape index (κ1) is 21.0. The Balaban J connectivity index is 0.00000261. The predicted octanol–water partition coefficient (Wildman–Crippen LogP) is 5.31. The molecular formula is C23H24N2OV. The summed E-state index contributed by atoms with van der Waals surface area (Å²) in [7, 11) is 0. The first-order chi connectivity index (χ1) is 12.4. The average molecular weight is 395 g/mol. The zero-order chi connectivity index (χ0) is 18.8. The maximum atomic E-state index is 12.6. The smallest absolute Gasteiger partial charge is 0.185 e. The van der Waals surface area contributed by atoms with E-state index in [4.69, 9.17) is 0 Å². The van der Waals surface area contributed by atoms with E-state index in [0.29, 0.717) is 5.56 Å². The number of benzene rings is 2. The second-order valence-electron chi connectivity index (χ2n) is 6.75. The number of carbonyl (C=O) groups excluding carboxylic acids is 1. The SMILES string of the molecule is Cc1c(C)c(C)c(/C=C/C(=O)c2ccc(-n3ccnc3)cc2)c(C)c1C.[V]. The van der Waals surface area contributed by atoms with E-state index in [1.165, 1.54) is 27.8 Å². The fraction of sp³-hybridized carbons (Fsp3) is 0.217. The second kappa shape index (κ2) is 8.56. The number of aromatic nitrogens is 2. The van der Waals surface area contributed by atoms with Gasteiger partial charge in [0.1, 0.15) is 0 Å². The van der Waals surface area contributed by atoms with Crippen molar-refractivity contribution in [1.82, 2.24) is 9.55 Å². The molecule has 0 saturated carbocycles. The number of ketones is 1. The van der Waals surface area contributed by atoms with Crippen LogP contribution in [-0.2, 0) is 18.6 Å². The van der Waals surface area contributed by atoms with E-state index in [1.807, 2.05) is 41.1 Å². The molecule has 0 aliphatic rings. The summed E-state index contributed by atoms with van der Waals surface area (Å²) in [6.07, 6.45) is 8.98. The summed E-state index contributed by atoms with van der Waals surface area (Å²) in [6.45, 7) is 10.7. The standard InChI is InChI=1S/C23H24N2O.V/c1-15-16(2)18(4)22(19(5)17(15)3)10-11-23(26)20-6-8-21(9-7-20)25-13-12-24-14-25;/h6-14H,1-5H3;/b11-10+;. The molecule has 0 unspecified atom stereocenters. The minimum atomic E-state index is 0. The van der Waals surface area contributed by atoms with Gasteiger partial charge in [-0.3, -0.25) is 4.79 Å². The van der Waals surface area contributed by atoms with Crippen LogP contribution >= 0.6 is 0 Å². The minimum absolute atomic E-state index is 0. The first-order valence-corrected chi connectivity index (χ1v) is 8.78. The third-order valence-corrected chi connectivity index (χ3v) is 5.41. The maximum Gasteiger partial charge on any atom is 0.185 e. The van der Waals surface area contributed by atoms with Crippen LogP contribution in [0.1, 0.15) is 43.7 Å². The quantitative estimate of drug-likeness (QED) is 0.443. The molecule has 0 N–H and O–H groups in total. The van der Waals surface area contributed by atoms with Gasteiger partial charge in [-0.1, -0.05) is 6.08 Å². The van der Waals surface area contributed by atoms with Crippen LogP contribution in [0.25, 0.3) is 11.8 Å². The molecule has 0 aliphatic carbocycles. The van der Waals surface area contributed by atoms with Crippen molar-refractivity contribution in [2.24, 2.45) is 0 Å². The Labute approximate surface area is 173 Å². The first-order valence-electron chi connectivity index (χ1n) is 8.78. The van der Waals surface area contributed by atoms with Crippen LogP contribution in [0.3, 0.4) is 0 Å². The van der Waals surface area contributed by atoms with Crippen molar-refractivity contribution in [3.63, 3.8) is 0 Å². The van der Waals surface area contributed by atoms with E-state index in [1.54, 1.807) is 18.6 Å². The van der Waals surface area contributed by atoms with Gasteiger partial charge in [-0.2, -0.15) is 0 Å². The Hall–Kier alpha value is -2.36. The van der Waals surface area contributed by atoms with Gasteiger partial charge in [-0.15, -0.1) is 0 Å². The number of hydrogen-bond donors (Lipinski definition) is 0. The van der Waals surface area contributed by atoms with Crippen molar-refractivity contribution in [1.29, 1.82) is 0 Å².